The predicted molar refractivity (Wildman–Crippen MR) is 127 cm³/mol. The fourth-order valence-electron chi connectivity index (χ4n) is 4.01. The van der Waals surface area contributed by atoms with Crippen LogP contribution in [0.15, 0.2) is 35.2 Å². The number of pyridine rings is 1. The van der Waals surface area contributed by atoms with Gasteiger partial charge in [-0.1, -0.05) is 6.07 Å². The van der Waals surface area contributed by atoms with Crippen molar-refractivity contribution in [3.8, 4) is 11.6 Å². The molecule has 40 heavy (non-hydrogen) atoms. The molecule has 8 nitrogen and oxygen atoms in total. The van der Waals surface area contributed by atoms with Gasteiger partial charge in [0.25, 0.3) is 11.8 Å². The number of nitrogens with zero attached hydrogens (tertiary/aromatic N) is 3. The average Bonchev–Trinajstić information content (AvgIpc) is 3.62. The van der Waals surface area contributed by atoms with Crippen LogP contribution in [0, 0.1) is 24.4 Å². The Labute approximate surface area is 223 Å². The van der Waals surface area contributed by atoms with Crippen molar-refractivity contribution in [1.82, 2.24) is 15.2 Å². The number of carbonyl (C=O) groups excluding carboxylic acids is 1. The summed E-state index contributed by atoms with van der Waals surface area (Å²) < 4.78 is 121. The summed E-state index contributed by atoms with van der Waals surface area (Å²) in [6, 6.07) is 5.75. The summed E-state index contributed by atoms with van der Waals surface area (Å²) in [6.45, 7) is 2.04. The molecule has 0 aliphatic heterocycles. The maximum atomic E-state index is 15.0. The highest BCUT2D eigenvalue weighted by Gasteiger charge is 2.65. The van der Waals surface area contributed by atoms with Crippen molar-refractivity contribution in [2.24, 2.45) is 0 Å². The second-order valence-electron chi connectivity index (χ2n) is 9.26. The standard InChI is InChI=1S/C24H20F7N5O3S/c1-11-17(20(37)34-13-5-4-6-14(9-13)40(3,32)38)21(36-35-19(11)23(26,27)28)39-18-12(2)33-16(10-15(18)25)22(7-8-22)24(29,30)31/h4-6,9-10,32H,7-8H2,1-3H3,(H,34,37). The first-order valence-electron chi connectivity index (χ1n) is 11.4. The third-order valence-electron chi connectivity index (χ3n) is 6.30. The SMILES string of the molecule is Cc1nc(C2(C(F)(F)F)CC2)cc(F)c1Oc1nnc(C(F)(F)F)c(C)c1C(=O)Nc1cccc(S(C)(=N)=O)c1. The molecule has 3 aromatic rings. The number of rotatable bonds is 6. The predicted octanol–water partition coefficient (Wildman–Crippen LogP) is 6.32. The molecule has 0 radical (unpaired) electrons. The third kappa shape index (κ3) is 5.44. The van der Waals surface area contributed by atoms with Crippen molar-refractivity contribution < 1.29 is 44.5 Å². The molecule has 214 valence electrons. The van der Waals surface area contributed by atoms with Gasteiger partial charge in [0.1, 0.15) is 11.0 Å². The van der Waals surface area contributed by atoms with Crippen LogP contribution in [0.25, 0.3) is 0 Å². The van der Waals surface area contributed by atoms with Crippen molar-refractivity contribution in [3.63, 3.8) is 0 Å². The Hall–Kier alpha value is -3.82. The molecule has 0 bridgehead atoms. The van der Waals surface area contributed by atoms with Gasteiger partial charge >= 0.3 is 12.4 Å². The first-order valence-corrected chi connectivity index (χ1v) is 13.3. The van der Waals surface area contributed by atoms with Gasteiger partial charge < -0.3 is 10.1 Å². The second kappa shape index (κ2) is 9.67. The normalized spacial score (nSPS) is 16.2. The fourth-order valence-corrected chi connectivity index (χ4v) is 4.70. The maximum Gasteiger partial charge on any atom is 0.435 e. The summed E-state index contributed by atoms with van der Waals surface area (Å²) >= 11 is 0. The highest BCUT2D eigenvalue weighted by Crippen LogP contribution is 2.58. The molecule has 2 N–H and O–H groups in total. The summed E-state index contributed by atoms with van der Waals surface area (Å²) in [6.07, 6.45) is -9.16. The minimum Gasteiger partial charge on any atom is -0.432 e. The van der Waals surface area contributed by atoms with E-state index in [4.69, 9.17) is 9.52 Å². The summed E-state index contributed by atoms with van der Waals surface area (Å²) in [5, 5.41) is 8.69. The number of amides is 1. The van der Waals surface area contributed by atoms with Crippen molar-refractivity contribution in [1.29, 1.82) is 4.78 Å². The van der Waals surface area contributed by atoms with Gasteiger partial charge in [0.2, 0.25) is 0 Å². The van der Waals surface area contributed by atoms with Crippen LogP contribution in [-0.2, 0) is 21.3 Å². The van der Waals surface area contributed by atoms with Crippen molar-refractivity contribution in [2.45, 2.75) is 49.4 Å². The highest BCUT2D eigenvalue weighted by atomic mass is 32.2. The van der Waals surface area contributed by atoms with Crippen molar-refractivity contribution in [3.05, 3.63) is 64.4 Å². The number of hydrogen-bond acceptors (Lipinski definition) is 7. The van der Waals surface area contributed by atoms with Crippen LogP contribution in [0.3, 0.4) is 0 Å². The molecule has 1 fully saturated rings. The molecular weight excluding hydrogens is 571 g/mol. The van der Waals surface area contributed by atoms with Crippen LogP contribution in [0.1, 0.15) is 45.8 Å². The van der Waals surface area contributed by atoms with Gasteiger partial charge in [-0.15, -0.1) is 10.2 Å². The Bertz CT molecular complexity index is 1600. The van der Waals surface area contributed by atoms with Gasteiger partial charge in [-0.3, -0.25) is 9.78 Å². The lowest BCUT2D eigenvalue weighted by atomic mass is 10.0. The van der Waals surface area contributed by atoms with Crippen molar-refractivity contribution >= 4 is 21.3 Å². The van der Waals surface area contributed by atoms with Gasteiger partial charge in [0, 0.05) is 22.9 Å². The molecule has 2 heterocycles. The summed E-state index contributed by atoms with van der Waals surface area (Å²) in [5.74, 6) is -4.13. The molecule has 1 amide bonds. The zero-order valence-corrected chi connectivity index (χ0v) is 21.7. The van der Waals surface area contributed by atoms with E-state index in [-0.39, 0.29) is 29.1 Å². The van der Waals surface area contributed by atoms with E-state index >= 15 is 4.39 Å². The molecule has 16 heteroatoms. The van der Waals surface area contributed by atoms with Crippen LogP contribution in [-0.4, -0.2) is 37.7 Å². The third-order valence-corrected chi connectivity index (χ3v) is 7.45. The van der Waals surface area contributed by atoms with Gasteiger partial charge in [-0.2, -0.15) is 26.3 Å². The Morgan fingerprint density at radius 3 is 2.27 bits per heavy atom. The van der Waals surface area contributed by atoms with Gasteiger partial charge in [-0.25, -0.2) is 13.4 Å². The van der Waals surface area contributed by atoms with Crippen LogP contribution in [0.4, 0.5) is 36.4 Å². The first-order chi connectivity index (χ1) is 18.3. The molecule has 1 saturated carbocycles. The number of ether oxygens (including phenoxy) is 1. The molecule has 1 unspecified atom stereocenters. The minimum absolute atomic E-state index is 0.0264. The zero-order valence-electron chi connectivity index (χ0n) is 20.9. The molecule has 0 spiro atoms. The monoisotopic (exact) mass is 591 g/mol. The van der Waals surface area contributed by atoms with E-state index in [0.717, 1.165) is 20.1 Å². The highest BCUT2D eigenvalue weighted by molar-refractivity contribution is 7.91. The topological polar surface area (TPSA) is 118 Å². The van der Waals surface area contributed by atoms with E-state index < -0.39 is 73.4 Å². The lowest BCUT2D eigenvalue weighted by Crippen LogP contribution is -2.30. The van der Waals surface area contributed by atoms with E-state index in [9.17, 15) is 35.3 Å². The largest absolute Gasteiger partial charge is 0.435 e. The van der Waals surface area contributed by atoms with Crippen LogP contribution in [0.5, 0.6) is 11.6 Å². The molecular formula is C24H20F7N5O3S. The maximum absolute atomic E-state index is 15.0. The number of hydrogen-bond donors (Lipinski definition) is 2. The number of carbonyl (C=O) groups is 1. The molecule has 4 rings (SSSR count). The summed E-state index contributed by atoms with van der Waals surface area (Å²) in [7, 11) is -3.20. The molecule has 1 atom stereocenters. The van der Waals surface area contributed by atoms with E-state index in [1.54, 1.807) is 0 Å². The fraction of sp³-hybridized carbons (Fsp3) is 0.333. The number of halogens is 7. The smallest absolute Gasteiger partial charge is 0.432 e. The number of aromatic nitrogens is 3. The summed E-state index contributed by atoms with van der Waals surface area (Å²) in [4.78, 5) is 17.0. The quantitative estimate of drug-likeness (QED) is 0.324. The Morgan fingerprint density at radius 1 is 1.10 bits per heavy atom. The van der Waals surface area contributed by atoms with Gasteiger partial charge in [0.15, 0.2) is 17.3 Å². The number of benzene rings is 1. The first kappa shape index (κ1) is 29.2. The number of aryl methyl sites for hydroxylation is 1. The van der Waals surface area contributed by atoms with E-state index in [2.05, 4.69) is 20.5 Å². The molecule has 1 aromatic carbocycles. The Kier molecular flexibility index (Phi) is 7.05. The van der Waals surface area contributed by atoms with E-state index in [0.29, 0.717) is 6.07 Å². The van der Waals surface area contributed by atoms with Crippen LogP contribution in [0.2, 0.25) is 0 Å². The van der Waals surface area contributed by atoms with Gasteiger partial charge in [0.05, 0.1) is 21.1 Å². The van der Waals surface area contributed by atoms with Crippen molar-refractivity contribution in [2.75, 3.05) is 11.6 Å². The molecule has 1 aliphatic rings. The Morgan fingerprint density at radius 2 is 1.75 bits per heavy atom. The Balaban J connectivity index is 1.77. The zero-order chi connectivity index (χ0) is 29.8. The van der Waals surface area contributed by atoms with E-state index in [1.807, 2.05) is 0 Å². The number of anilines is 1. The van der Waals surface area contributed by atoms with Crippen LogP contribution < -0.4 is 10.1 Å². The number of alkyl halides is 6. The average molecular weight is 592 g/mol. The number of nitrogens with one attached hydrogen (secondary N) is 2. The summed E-state index contributed by atoms with van der Waals surface area (Å²) in [5.41, 5.74) is -6.34. The molecule has 0 saturated heterocycles. The molecule has 1 aliphatic carbocycles. The van der Waals surface area contributed by atoms with E-state index in [1.165, 1.54) is 24.3 Å². The van der Waals surface area contributed by atoms with Gasteiger partial charge in [-0.05, 0) is 50.5 Å². The van der Waals surface area contributed by atoms with Crippen LogP contribution >= 0.6 is 0 Å². The second-order valence-corrected chi connectivity index (χ2v) is 11.4. The molecule has 2 aromatic heterocycles. The lowest BCUT2D eigenvalue weighted by Gasteiger charge is -2.20. The minimum atomic E-state index is -5.04. The lowest BCUT2D eigenvalue weighted by molar-refractivity contribution is -0.161.